The molecule has 2 aliphatic heterocycles. The molecule has 2 aliphatic rings. The molecular formula is C21H16N2+2. The van der Waals surface area contributed by atoms with E-state index in [0.717, 1.165) is 0 Å². The smallest absolute Gasteiger partial charge is 0.132 e. The molecule has 0 fully saturated rings. The van der Waals surface area contributed by atoms with Crippen LogP contribution in [0.25, 0.3) is 0 Å². The van der Waals surface area contributed by atoms with E-state index in [0.29, 0.717) is 0 Å². The Bertz CT molecular complexity index is 878. The highest BCUT2D eigenvalue weighted by Crippen LogP contribution is 2.40. The topological polar surface area (TPSA) is 6.02 Å². The Kier molecular flexibility index (Phi) is 2.59. The van der Waals surface area contributed by atoms with Crippen molar-refractivity contribution >= 4 is 23.8 Å². The number of hydrogen-bond donors (Lipinski definition) is 0. The molecular weight excluding hydrogens is 280 g/mol. The summed E-state index contributed by atoms with van der Waals surface area (Å²) in [6.07, 6.45) is 4.73. The minimum Gasteiger partial charge on any atom is -0.132 e. The Labute approximate surface area is 135 Å². The van der Waals surface area contributed by atoms with Crippen molar-refractivity contribution in [2.24, 2.45) is 0 Å². The van der Waals surface area contributed by atoms with Crippen molar-refractivity contribution in [3.05, 3.63) is 95.6 Å². The number of hydrogen-bond acceptors (Lipinski definition) is 0. The van der Waals surface area contributed by atoms with Gasteiger partial charge >= 0.3 is 6.17 Å². The lowest BCUT2D eigenvalue weighted by atomic mass is 10.0. The van der Waals surface area contributed by atoms with Gasteiger partial charge in [0.25, 0.3) is 0 Å². The van der Waals surface area contributed by atoms with Gasteiger partial charge < -0.3 is 0 Å². The van der Waals surface area contributed by atoms with Gasteiger partial charge in [-0.15, -0.1) is 9.15 Å². The van der Waals surface area contributed by atoms with Crippen molar-refractivity contribution in [3.8, 4) is 0 Å². The zero-order valence-electron chi connectivity index (χ0n) is 12.6. The summed E-state index contributed by atoms with van der Waals surface area (Å²) >= 11 is 0. The Morgan fingerprint density at radius 1 is 0.522 bits per heavy atom. The van der Waals surface area contributed by atoms with E-state index in [1.165, 1.54) is 28.1 Å². The molecule has 0 atom stereocenters. The normalized spacial score (nSPS) is 15.3. The lowest BCUT2D eigenvalue weighted by Crippen LogP contribution is -2.18. The predicted molar refractivity (Wildman–Crippen MR) is 92.2 cm³/mol. The zero-order chi connectivity index (χ0) is 15.2. The lowest BCUT2D eigenvalue weighted by molar-refractivity contribution is -0.707. The van der Waals surface area contributed by atoms with Crippen molar-refractivity contribution in [2.75, 3.05) is 0 Å². The fraction of sp³-hybridized carbons (Fsp3) is 0.0476. The SMILES string of the molecule is C1=[N+](c2ccccc2)C2c3c1cccc3C=[N+]2c1ccccc1. The molecule has 5 rings (SSSR count). The first-order valence-corrected chi connectivity index (χ1v) is 7.91. The Hall–Kier alpha value is -3.00. The van der Waals surface area contributed by atoms with Crippen LogP contribution in [-0.4, -0.2) is 21.6 Å². The van der Waals surface area contributed by atoms with Gasteiger partial charge in [-0.25, -0.2) is 0 Å². The maximum Gasteiger partial charge on any atom is 0.382 e. The zero-order valence-corrected chi connectivity index (χ0v) is 12.6. The molecule has 0 N–H and O–H groups in total. The van der Waals surface area contributed by atoms with Crippen molar-refractivity contribution in [1.29, 1.82) is 0 Å². The van der Waals surface area contributed by atoms with Gasteiger partial charge in [0, 0.05) is 24.3 Å². The average Bonchev–Trinajstić information content (AvgIpc) is 3.20. The second kappa shape index (κ2) is 4.75. The summed E-state index contributed by atoms with van der Waals surface area (Å²) < 4.78 is 4.73. The van der Waals surface area contributed by atoms with Gasteiger partial charge in [0.15, 0.2) is 12.4 Å². The molecule has 3 aromatic carbocycles. The van der Waals surface area contributed by atoms with Gasteiger partial charge in [0.2, 0.25) is 11.4 Å². The molecule has 0 aliphatic carbocycles. The summed E-state index contributed by atoms with van der Waals surface area (Å²) in [4.78, 5) is 0. The van der Waals surface area contributed by atoms with E-state index in [1.807, 2.05) is 0 Å². The molecule has 2 heterocycles. The van der Waals surface area contributed by atoms with Crippen LogP contribution in [0, 0.1) is 0 Å². The third kappa shape index (κ3) is 1.82. The first-order chi connectivity index (χ1) is 11.4. The van der Waals surface area contributed by atoms with Crippen LogP contribution >= 0.6 is 0 Å². The highest BCUT2D eigenvalue weighted by molar-refractivity contribution is 5.90. The van der Waals surface area contributed by atoms with Gasteiger partial charge in [-0.1, -0.05) is 42.5 Å². The Balaban J connectivity index is 1.72. The van der Waals surface area contributed by atoms with Crippen molar-refractivity contribution in [2.45, 2.75) is 6.17 Å². The van der Waals surface area contributed by atoms with Gasteiger partial charge in [-0.05, 0) is 12.1 Å². The molecule has 0 saturated heterocycles. The highest BCUT2D eigenvalue weighted by Gasteiger charge is 2.48. The number of benzene rings is 3. The first-order valence-electron chi connectivity index (χ1n) is 7.91. The van der Waals surface area contributed by atoms with E-state index in [2.05, 4.69) is 100 Å². The summed E-state index contributed by atoms with van der Waals surface area (Å²) in [5.41, 5.74) is 6.46. The molecule has 3 aromatic rings. The highest BCUT2D eigenvalue weighted by atomic mass is 15.3. The number of nitrogens with zero attached hydrogens (tertiary/aromatic N) is 2. The van der Waals surface area contributed by atoms with E-state index in [1.54, 1.807) is 0 Å². The van der Waals surface area contributed by atoms with Gasteiger partial charge in [0.05, 0.1) is 11.1 Å². The second-order valence-corrected chi connectivity index (χ2v) is 5.97. The van der Waals surface area contributed by atoms with Crippen LogP contribution in [0.15, 0.2) is 78.9 Å². The molecule has 2 nitrogen and oxygen atoms in total. The van der Waals surface area contributed by atoms with Gasteiger partial charge in [-0.2, -0.15) is 0 Å². The van der Waals surface area contributed by atoms with Crippen LogP contribution < -0.4 is 0 Å². The first kappa shape index (κ1) is 12.5. The van der Waals surface area contributed by atoms with Gasteiger partial charge in [0.1, 0.15) is 5.56 Å². The van der Waals surface area contributed by atoms with Gasteiger partial charge in [-0.3, -0.25) is 0 Å². The maximum absolute atomic E-state index is 2.37. The summed E-state index contributed by atoms with van der Waals surface area (Å²) in [6, 6.07) is 27.7. The number of para-hydroxylation sites is 2. The molecule has 0 saturated carbocycles. The third-order valence-electron chi connectivity index (χ3n) is 4.62. The van der Waals surface area contributed by atoms with E-state index in [-0.39, 0.29) is 6.17 Å². The average molecular weight is 296 g/mol. The lowest BCUT2D eigenvalue weighted by Gasteiger charge is -2.06. The fourth-order valence-corrected chi connectivity index (χ4v) is 3.61. The fourth-order valence-electron chi connectivity index (χ4n) is 3.61. The van der Waals surface area contributed by atoms with E-state index < -0.39 is 0 Å². The minimum absolute atomic E-state index is 0.200. The maximum atomic E-state index is 2.37. The molecule has 108 valence electrons. The van der Waals surface area contributed by atoms with Crippen molar-refractivity contribution in [3.63, 3.8) is 0 Å². The Morgan fingerprint density at radius 2 is 1.00 bits per heavy atom. The van der Waals surface area contributed by atoms with Crippen LogP contribution in [-0.2, 0) is 0 Å². The molecule has 0 bridgehead atoms. The summed E-state index contributed by atoms with van der Waals surface area (Å²) in [5, 5.41) is 0. The predicted octanol–water partition coefficient (Wildman–Crippen LogP) is 4.24. The van der Waals surface area contributed by atoms with Crippen LogP contribution in [0.4, 0.5) is 11.4 Å². The Morgan fingerprint density at radius 3 is 1.48 bits per heavy atom. The second-order valence-electron chi connectivity index (χ2n) is 5.97. The summed E-state index contributed by atoms with van der Waals surface area (Å²) in [5.74, 6) is 0. The molecule has 23 heavy (non-hydrogen) atoms. The van der Waals surface area contributed by atoms with Crippen LogP contribution in [0.2, 0.25) is 0 Å². The summed E-state index contributed by atoms with van der Waals surface area (Å²) in [7, 11) is 0. The molecule has 0 unspecified atom stereocenters. The largest absolute Gasteiger partial charge is 0.382 e. The van der Waals surface area contributed by atoms with Crippen molar-refractivity contribution < 1.29 is 9.15 Å². The molecule has 0 amide bonds. The molecule has 2 heteroatoms. The standard InChI is InChI=1S/C21H16N2/c1-3-10-18(11-4-1)22-14-16-8-7-9-17-15-23(21(22)20(16)17)19-12-5-2-6-13-19/h1-15,21H/q+2. The quantitative estimate of drug-likeness (QED) is 0.624. The monoisotopic (exact) mass is 296 g/mol. The molecule has 0 aromatic heterocycles. The molecule has 0 radical (unpaired) electrons. The summed E-state index contributed by atoms with van der Waals surface area (Å²) in [6.45, 7) is 0. The number of rotatable bonds is 2. The third-order valence-corrected chi connectivity index (χ3v) is 4.62. The minimum atomic E-state index is 0.200. The van der Waals surface area contributed by atoms with Crippen molar-refractivity contribution in [1.82, 2.24) is 0 Å². The van der Waals surface area contributed by atoms with E-state index >= 15 is 0 Å². The van der Waals surface area contributed by atoms with Crippen LogP contribution in [0.3, 0.4) is 0 Å². The van der Waals surface area contributed by atoms with E-state index in [4.69, 9.17) is 0 Å². The van der Waals surface area contributed by atoms with Crippen LogP contribution in [0.5, 0.6) is 0 Å². The molecule has 0 spiro atoms. The van der Waals surface area contributed by atoms with Crippen LogP contribution in [0.1, 0.15) is 22.9 Å². The van der Waals surface area contributed by atoms with E-state index in [9.17, 15) is 0 Å².